The molecule has 1 atom stereocenters. The number of rotatable bonds is 7. The van der Waals surface area contributed by atoms with Crippen molar-refractivity contribution in [3.63, 3.8) is 0 Å². The largest absolute Gasteiger partial charge is 0.391 e. The summed E-state index contributed by atoms with van der Waals surface area (Å²) in [5, 5.41) is 21.6. The molecule has 0 aliphatic heterocycles. The number of amides is 2. The summed E-state index contributed by atoms with van der Waals surface area (Å²) in [6.45, 7) is 2.65. The highest BCUT2D eigenvalue weighted by atomic mass is 16.3. The average Bonchev–Trinajstić information content (AvgIpc) is 3.06. The third-order valence-corrected chi connectivity index (χ3v) is 3.19. The fourth-order valence-electron chi connectivity index (χ4n) is 2.06. The third kappa shape index (κ3) is 4.85. The van der Waals surface area contributed by atoms with Gasteiger partial charge in [0.25, 0.3) is 0 Å². The van der Waals surface area contributed by atoms with Crippen LogP contribution in [0.3, 0.4) is 0 Å². The Labute approximate surface area is 129 Å². The molecule has 2 aromatic rings. The van der Waals surface area contributed by atoms with Crippen molar-refractivity contribution in [3.8, 4) is 11.4 Å². The van der Waals surface area contributed by atoms with E-state index in [0.717, 1.165) is 17.5 Å². The van der Waals surface area contributed by atoms with Crippen LogP contribution in [-0.4, -0.2) is 39.0 Å². The summed E-state index contributed by atoms with van der Waals surface area (Å²) in [5.41, 5.74) is 1.87. The molecule has 0 saturated heterocycles. The van der Waals surface area contributed by atoms with E-state index in [9.17, 15) is 9.90 Å². The van der Waals surface area contributed by atoms with Gasteiger partial charge in [0.15, 0.2) is 5.82 Å². The minimum absolute atomic E-state index is 0.262. The summed E-state index contributed by atoms with van der Waals surface area (Å²) in [7, 11) is 0. The van der Waals surface area contributed by atoms with Crippen molar-refractivity contribution in [2.24, 2.45) is 0 Å². The van der Waals surface area contributed by atoms with Gasteiger partial charge in [-0.15, -0.1) is 0 Å². The Morgan fingerprint density at radius 3 is 3.00 bits per heavy atom. The first-order valence-corrected chi connectivity index (χ1v) is 7.33. The zero-order valence-corrected chi connectivity index (χ0v) is 12.5. The highest BCUT2D eigenvalue weighted by Crippen LogP contribution is 2.15. The Morgan fingerprint density at radius 2 is 2.27 bits per heavy atom. The third-order valence-electron chi connectivity index (χ3n) is 3.19. The Bertz CT molecular complexity index is 585. The van der Waals surface area contributed by atoms with Crippen molar-refractivity contribution in [1.82, 2.24) is 25.8 Å². The van der Waals surface area contributed by atoms with E-state index in [1.54, 1.807) is 0 Å². The molecular weight excluding hydrogens is 282 g/mol. The summed E-state index contributed by atoms with van der Waals surface area (Å²) >= 11 is 0. The SMILES string of the molecule is CCCC(O)CNC(=O)NCc1cccc(-c2ncn[nH]2)c1. The number of urea groups is 1. The molecule has 1 aromatic carbocycles. The first-order chi connectivity index (χ1) is 10.7. The minimum atomic E-state index is -0.495. The molecule has 2 amide bonds. The van der Waals surface area contributed by atoms with Crippen LogP contribution >= 0.6 is 0 Å². The number of hydrogen-bond acceptors (Lipinski definition) is 4. The topological polar surface area (TPSA) is 103 Å². The second-order valence-corrected chi connectivity index (χ2v) is 5.04. The predicted octanol–water partition coefficient (Wildman–Crippen LogP) is 1.43. The number of benzene rings is 1. The molecule has 0 aliphatic rings. The second-order valence-electron chi connectivity index (χ2n) is 5.04. The number of carbonyl (C=O) groups excluding carboxylic acids is 1. The van der Waals surface area contributed by atoms with Gasteiger partial charge in [-0.2, -0.15) is 5.10 Å². The molecular formula is C15H21N5O2. The molecule has 118 valence electrons. The van der Waals surface area contributed by atoms with Crippen LogP contribution in [0.2, 0.25) is 0 Å². The molecule has 4 N–H and O–H groups in total. The standard InChI is InChI=1S/C15H21N5O2/c1-2-4-13(21)9-17-15(22)16-8-11-5-3-6-12(7-11)14-18-10-19-20-14/h3,5-7,10,13,21H,2,4,8-9H2,1H3,(H2,16,17,22)(H,18,19,20). The summed E-state index contributed by atoms with van der Waals surface area (Å²) in [5.74, 6) is 0.689. The number of aromatic nitrogens is 3. The van der Waals surface area contributed by atoms with E-state index in [-0.39, 0.29) is 12.6 Å². The normalized spacial score (nSPS) is 11.9. The maximum atomic E-state index is 11.7. The van der Waals surface area contributed by atoms with Gasteiger partial charge in [-0.1, -0.05) is 31.5 Å². The highest BCUT2D eigenvalue weighted by molar-refractivity contribution is 5.73. The number of nitrogens with zero attached hydrogens (tertiary/aromatic N) is 2. The number of carbonyl (C=O) groups is 1. The van der Waals surface area contributed by atoms with Crippen LogP contribution in [0.1, 0.15) is 25.3 Å². The van der Waals surface area contributed by atoms with Gasteiger partial charge < -0.3 is 15.7 Å². The molecule has 0 radical (unpaired) electrons. The summed E-state index contributed by atoms with van der Waals surface area (Å²) < 4.78 is 0. The molecule has 1 aromatic heterocycles. The van der Waals surface area contributed by atoms with Crippen molar-refractivity contribution in [2.45, 2.75) is 32.4 Å². The van der Waals surface area contributed by atoms with E-state index < -0.39 is 6.10 Å². The van der Waals surface area contributed by atoms with Crippen LogP contribution in [0.5, 0.6) is 0 Å². The average molecular weight is 303 g/mol. The molecule has 0 bridgehead atoms. The zero-order valence-electron chi connectivity index (χ0n) is 12.5. The number of aliphatic hydroxyl groups is 1. The Kier molecular flexibility index (Phi) is 5.91. The summed E-state index contributed by atoms with van der Waals surface area (Å²) in [6, 6.07) is 7.39. The van der Waals surface area contributed by atoms with E-state index >= 15 is 0 Å². The van der Waals surface area contributed by atoms with Gasteiger partial charge in [0.2, 0.25) is 0 Å². The van der Waals surface area contributed by atoms with Crippen LogP contribution < -0.4 is 10.6 Å². The van der Waals surface area contributed by atoms with Crippen LogP contribution in [-0.2, 0) is 6.54 Å². The lowest BCUT2D eigenvalue weighted by Gasteiger charge is -2.12. The molecule has 1 heterocycles. The maximum Gasteiger partial charge on any atom is 0.315 e. The first-order valence-electron chi connectivity index (χ1n) is 7.33. The monoisotopic (exact) mass is 303 g/mol. The smallest absolute Gasteiger partial charge is 0.315 e. The lowest BCUT2D eigenvalue weighted by atomic mass is 10.1. The number of aromatic amines is 1. The van der Waals surface area contributed by atoms with Gasteiger partial charge in [0.05, 0.1) is 6.10 Å². The summed E-state index contributed by atoms with van der Waals surface area (Å²) in [4.78, 5) is 15.8. The van der Waals surface area contributed by atoms with Crippen LogP contribution in [0.15, 0.2) is 30.6 Å². The zero-order chi connectivity index (χ0) is 15.8. The number of aliphatic hydroxyl groups excluding tert-OH is 1. The fourth-order valence-corrected chi connectivity index (χ4v) is 2.06. The van der Waals surface area contributed by atoms with Crippen molar-refractivity contribution >= 4 is 6.03 Å². The van der Waals surface area contributed by atoms with Crippen LogP contribution in [0, 0.1) is 0 Å². The molecule has 22 heavy (non-hydrogen) atoms. The molecule has 0 saturated carbocycles. The van der Waals surface area contributed by atoms with E-state index in [4.69, 9.17) is 0 Å². The molecule has 0 spiro atoms. The fraction of sp³-hybridized carbons (Fsp3) is 0.400. The molecule has 1 unspecified atom stereocenters. The second kappa shape index (κ2) is 8.14. The quantitative estimate of drug-likeness (QED) is 0.621. The number of hydrogen-bond donors (Lipinski definition) is 4. The predicted molar refractivity (Wildman–Crippen MR) is 83.0 cm³/mol. The maximum absolute atomic E-state index is 11.7. The van der Waals surface area contributed by atoms with Crippen molar-refractivity contribution in [3.05, 3.63) is 36.2 Å². The van der Waals surface area contributed by atoms with Gasteiger partial charge in [0, 0.05) is 18.7 Å². The van der Waals surface area contributed by atoms with Gasteiger partial charge in [-0.25, -0.2) is 9.78 Å². The lowest BCUT2D eigenvalue weighted by Crippen LogP contribution is -2.39. The molecule has 7 heteroatoms. The minimum Gasteiger partial charge on any atom is -0.391 e. The number of nitrogens with one attached hydrogen (secondary N) is 3. The first kappa shape index (κ1) is 16.0. The Morgan fingerprint density at radius 1 is 1.41 bits per heavy atom. The molecule has 7 nitrogen and oxygen atoms in total. The Hall–Kier alpha value is -2.41. The van der Waals surface area contributed by atoms with Crippen LogP contribution in [0.25, 0.3) is 11.4 Å². The van der Waals surface area contributed by atoms with Crippen LogP contribution in [0.4, 0.5) is 4.79 Å². The highest BCUT2D eigenvalue weighted by Gasteiger charge is 2.06. The van der Waals surface area contributed by atoms with E-state index in [0.29, 0.717) is 18.8 Å². The molecule has 2 rings (SSSR count). The van der Waals surface area contributed by atoms with E-state index in [1.165, 1.54) is 6.33 Å². The van der Waals surface area contributed by atoms with Gasteiger partial charge >= 0.3 is 6.03 Å². The molecule has 0 aliphatic carbocycles. The summed E-state index contributed by atoms with van der Waals surface area (Å²) in [6.07, 6.45) is 2.53. The van der Waals surface area contributed by atoms with Gasteiger partial charge in [-0.05, 0) is 18.1 Å². The van der Waals surface area contributed by atoms with Gasteiger partial charge in [0.1, 0.15) is 6.33 Å². The van der Waals surface area contributed by atoms with Crippen molar-refractivity contribution in [2.75, 3.05) is 6.54 Å². The molecule has 0 fully saturated rings. The van der Waals surface area contributed by atoms with Crippen molar-refractivity contribution in [1.29, 1.82) is 0 Å². The van der Waals surface area contributed by atoms with Gasteiger partial charge in [-0.3, -0.25) is 5.10 Å². The van der Waals surface area contributed by atoms with E-state index in [2.05, 4.69) is 25.8 Å². The number of H-pyrrole nitrogens is 1. The van der Waals surface area contributed by atoms with E-state index in [1.807, 2.05) is 31.2 Å². The van der Waals surface area contributed by atoms with Crippen molar-refractivity contribution < 1.29 is 9.90 Å². The Balaban J connectivity index is 1.82. The lowest BCUT2D eigenvalue weighted by molar-refractivity contribution is 0.160.